The number of unbranched alkanes of at least 4 members (excludes halogenated alkanes) is 2. The van der Waals surface area contributed by atoms with Gasteiger partial charge in [-0.2, -0.15) is 10.1 Å². The summed E-state index contributed by atoms with van der Waals surface area (Å²) in [5.74, 6) is 1.40. The van der Waals surface area contributed by atoms with Crippen LogP contribution in [0.2, 0.25) is 0 Å². The average Bonchev–Trinajstić information content (AvgIpc) is 3.17. The van der Waals surface area contributed by atoms with Crippen LogP contribution in [-0.2, 0) is 9.53 Å². The predicted molar refractivity (Wildman–Crippen MR) is 105 cm³/mol. The van der Waals surface area contributed by atoms with Crippen molar-refractivity contribution in [2.75, 3.05) is 26.1 Å². The van der Waals surface area contributed by atoms with Crippen LogP contribution in [0.1, 0.15) is 44.7 Å². The lowest BCUT2D eigenvalue weighted by Gasteiger charge is -2.28. The van der Waals surface area contributed by atoms with Crippen molar-refractivity contribution in [3.8, 4) is 11.5 Å². The molecule has 2 heterocycles. The summed E-state index contributed by atoms with van der Waals surface area (Å²) in [5.41, 5.74) is 2.02. The summed E-state index contributed by atoms with van der Waals surface area (Å²) >= 11 is 0. The van der Waals surface area contributed by atoms with Gasteiger partial charge in [-0.15, -0.1) is 0 Å². The number of nitrogens with one attached hydrogen (secondary N) is 1. The molecule has 0 saturated heterocycles. The summed E-state index contributed by atoms with van der Waals surface area (Å²) < 4.78 is 18.0. The number of carbonyl (C=O) groups excluding carboxylic acids is 1. The molecular weight excluding hydrogens is 360 g/mol. The second kappa shape index (κ2) is 8.77. The molecule has 8 heteroatoms. The van der Waals surface area contributed by atoms with Crippen LogP contribution in [0.4, 0.5) is 5.95 Å². The lowest BCUT2D eigenvalue weighted by Crippen LogP contribution is -2.29. The fraction of sp³-hybridized carbons (Fsp3) is 0.450. The first-order chi connectivity index (χ1) is 13.6. The molecule has 1 aliphatic heterocycles. The number of allylic oxidation sites excluding steroid dienone is 1. The Balaban J connectivity index is 1.99. The van der Waals surface area contributed by atoms with Gasteiger partial charge in [-0.25, -0.2) is 9.48 Å². The zero-order valence-corrected chi connectivity index (χ0v) is 16.7. The maximum Gasteiger partial charge on any atom is 0.338 e. The van der Waals surface area contributed by atoms with Crippen molar-refractivity contribution in [1.82, 2.24) is 14.8 Å². The number of hydrogen-bond acceptors (Lipinski definition) is 7. The van der Waals surface area contributed by atoms with Crippen LogP contribution >= 0.6 is 0 Å². The molecule has 0 spiro atoms. The monoisotopic (exact) mass is 386 g/mol. The molecule has 28 heavy (non-hydrogen) atoms. The summed E-state index contributed by atoms with van der Waals surface area (Å²) in [6, 6.07) is 5.07. The molecule has 0 amide bonds. The normalized spacial score (nSPS) is 15.6. The number of anilines is 1. The Morgan fingerprint density at radius 3 is 2.71 bits per heavy atom. The number of methoxy groups -OCH3 is 2. The molecule has 150 valence electrons. The Kier molecular flexibility index (Phi) is 6.18. The summed E-state index contributed by atoms with van der Waals surface area (Å²) in [5, 5.41) is 7.45. The van der Waals surface area contributed by atoms with E-state index >= 15 is 0 Å². The Morgan fingerprint density at radius 1 is 1.21 bits per heavy atom. The summed E-state index contributed by atoms with van der Waals surface area (Å²) in [7, 11) is 3.16. The maximum atomic E-state index is 12.9. The first kappa shape index (κ1) is 19.7. The van der Waals surface area contributed by atoms with Crippen LogP contribution in [0.15, 0.2) is 35.8 Å². The molecule has 0 radical (unpaired) electrons. The van der Waals surface area contributed by atoms with E-state index in [-0.39, 0.29) is 5.97 Å². The minimum Gasteiger partial charge on any atom is -0.493 e. The third kappa shape index (κ3) is 3.81. The van der Waals surface area contributed by atoms with E-state index in [0.717, 1.165) is 24.8 Å². The van der Waals surface area contributed by atoms with Crippen LogP contribution in [0, 0.1) is 0 Å². The number of nitrogens with zero attached hydrogens (tertiary/aromatic N) is 3. The molecule has 8 nitrogen and oxygen atoms in total. The third-order valence-corrected chi connectivity index (χ3v) is 4.72. The molecule has 1 N–H and O–H groups in total. The molecule has 1 aliphatic rings. The van der Waals surface area contributed by atoms with Crippen molar-refractivity contribution in [3.63, 3.8) is 0 Å². The molecule has 3 rings (SSSR count). The van der Waals surface area contributed by atoms with Gasteiger partial charge in [-0.3, -0.25) is 0 Å². The van der Waals surface area contributed by atoms with Crippen molar-refractivity contribution >= 4 is 11.9 Å². The summed E-state index contributed by atoms with van der Waals surface area (Å²) in [6.07, 6.45) is 4.39. The molecule has 1 aromatic heterocycles. The van der Waals surface area contributed by atoms with Gasteiger partial charge in [0.05, 0.1) is 26.4 Å². The van der Waals surface area contributed by atoms with Crippen LogP contribution in [0.5, 0.6) is 11.5 Å². The number of ether oxygens (including phenoxy) is 3. The van der Waals surface area contributed by atoms with Crippen molar-refractivity contribution < 1.29 is 19.0 Å². The highest BCUT2D eigenvalue weighted by molar-refractivity contribution is 5.92. The van der Waals surface area contributed by atoms with E-state index in [1.807, 2.05) is 25.1 Å². The van der Waals surface area contributed by atoms with Gasteiger partial charge in [0, 0.05) is 5.70 Å². The number of carbonyl (C=O) groups is 1. The molecule has 0 bridgehead atoms. The average molecular weight is 386 g/mol. The third-order valence-electron chi connectivity index (χ3n) is 4.72. The molecule has 2 aromatic rings. The zero-order chi connectivity index (χ0) is 20.1. The smallest absolute Gasteiger partial charge is 0.338 e. The number of fused-ring (bicyclic) bond motifs is 1. The van der Waals surface area contributed by atoms with Crippen LogP contribution in [-0.4, -0.2) is 41.6 Å². The second-order valence-corrected chi connectivity index (χ2v) is 6.55. The Labute approximate surface area is 164 Å². The molecule has 0 aliphatic carbocycles. The van der Waals surface area contributed by atoms with Gasteiger partial charge in [0.1, 0.15) is 12.4 Å². The molecule has 0 saturated carbocycles. The number of benzene rings is 1. The minimum atomic E-state index is -0.475. The molecule has 0 unspecified atom stereocenters. The van der Waals surface area contributed by atoms with Gasteiger partial charge < -0.3 is 19.5 Å². The lowest BCUT2D eigenvalue weighted by atomic mass is 9.95. The van der Waals surface area contributed by atoms with E-state index in [9.17, 15) is 4.79 Å². The fourth-order valence-electron chi connectivity index (χ4n) is 3.28. The van der Waals surface area contributed by atoms with Crippen LogP contribution in [0.25, 0.3) is 0 Å². The first-order valence-corrected chi connectivity index (χ1v) is 9.37. The summed E-state index contributed by atoms with van der Waals surface area (Å²) in [6.45, 7) is 4.35. The highest BCUT2D eigenvalue weighted by Crippen LogP contribution is 2.38. The van der Waals surface area contributed by atoms with E-state index in [2.05, 4.69) is 22.3 Å². The topological polar surface area (TPSA) is 87.5 Å². The van der Waals surface area contributed by atoms with Crippen molar-refractivity contribution in [1.29, 1.82) is 0 Å². The fourth-order valence-corrected chi connectivity index (χ4v) is 3.28. The predicted octanol–water partition coefficient (Wildman–Crippen LogP) is 3.32. The molecular formula is C20H26N4O4. The molecule has 1 aromatic carbocycles. The van der Waals surface area contributed by atoms with Gasteiger partial charge in [0.15, 0.2) is 11.5 Å². The lowest BCUT2D eigenvalue weighted by molar-refractivity contribution is -0.139. The number of esters is 1. The molecule has 0 fully saturated rings. The summed E-state index contributed by atoms with van der Waals surface area (Å²) in [4.78, 5) is 17.2. The molecule has 1 atom stereocenters. The SMILES string of the molecule is CCCCCOC(=O)C1=C(C)Nc2ncnn2[C@@H]1c1ccc(OC)c(OC)c1. The standard InChI is InChI=1S/C20H26N4O4/c1-5-6-7-10-28-19(25)17-13(2)23-20-21-12-22-24(20)18(17)14-8-9-15(26-3)16(11-14)27-4/h8-9,11-12,18H,5-7,10H2,1-4H3,(H,21,22,23)/t18-/m1/s1. The highest BCUT2D eigenvalue weighted by Gasteiger charge is 2.34. The Hall–Kier alpha value is -3.03. The zero-order valence-electron chi connectivity index (χ0n) is 16.7. The van der Waals surface area contributed by atoms with E-state index in [0.29, 0.717) is 35.3 Å². The van der Waals surface area contributed by atoms with Gasteiger partial charge in [0.2, 0.25) is 5.95 Å². The first-order valence-electron chi connectivity index (χ1n) is 9.37. The quantitative estimate of drug-likeness (QED) is 0.550. The largest absolute Gasteiger partial charge is 0.493 e. The van der Waals surface area contributed by atoms with E-state index in [4.69, 9.17) is 14.2 Å². The van der Waals surface area contributed by atoms with E-state index in [1.165, 1.54) is 6.33 Å². The maximum absolute atomic E-state index is 12.9. The number of aromatic nitrogens is 3. The van der Waals surface area contributed by atoms with Gasteiger partial charge in [0.25, 0.3) is 0 Å². The Bertz CT molecular complexity index is 875. The van der Waals surface area contributed by atoms with Gasteiger partial charge in [-0.1, -0.05) is 25.8 Å². The van der Waals surface area contributed by atoms with E-state index in [1.54, 1.807) is 18.9 Å². The van der Waals surface area contributed by atoms with Gasteiger partial charge >= 0.3 is 5.97 Å². The van der Waals surface area contributed by atoms with Gasteiger partial charge in [-0.05, 0) is 31.0 Å². The van der Waals surface area contributed by atoms with Crippen LogP contribution < -0.4 is 14.8 Å². The van der Waals surface area contributed by atoms with E-state index < -0.39 is 6.04 Å². The van der Waals surface area contributed by atoms with Crippen molar-refractivity contribution in [3.05, 3.63) is 41.4 Å². The van der Waals surface area contributed by atoms with Crippen molar-refractivity contribution in [2.45, 2.75) is 39.2 Å². The minimum absolute atomic E-state index is 0.359. The van der Waals surface area contributed by atoms with Crippen LogP contribution in [0.3, 0.4) is 0 Å². The Morgan fingerprint density at radius 2 is 2.00 bits per heavy atom. The number of rotatable bonds is 8. The highest BCUT2D eigenvalue weighted by atomic mass is 16.5. The number of hydrogen-bond donors (Lipinski definition) is 1. The second-order valence-electron chi connectivity index (χ2n) is 6.55. The van der Waals surface area contributed by atoms with Crippen molar-refractivity contribution in [2.24, 2.45) is 0 Å².